The van der Waals surface area contributed by atoms with Crippen LogP contribution in [0.5, 0.6) is 0 Å². The Bertz CT molecular complexity index is 346. The van der Waals surface area contributed by atoms with Gasteiger partial charge in [0.2, 0.25) is 0 Å². The molecule has 0 saturated heterocycles. The van der Waals surface area contributed by atoms with Gasteiger partial charge in [-0.15, -0.1) is 41.8 Å². The topological polar surface area (TPSA) is 12.9 Å². The molecule has 1 heterocycles. The number of aromatic nitrogens is 1. The maximum absolute atomic E-state index is 4.32. The van der Waals surface area contributed by atoms with Gasteiger partial charge in [0.1, 0.15) is 0 Å². The average Bonchev–Trinajstić information content (AvgIpc) is 2.30. The molecular weight excluding hydrogens is 273 g/mol. The minimum absolute atomic E-state index is 0. The second-order valence-electron chi connectivity index (χ2n) is 3.21. The van der Waals surface area contributed by atoms with E-state index in [1.807, 2.05) is 42.6 Å². The van der Waals surface area contributed by atoms with Gasteiger partial charge in [-0.3, -0.25) is 4.98 Å². The normalized spacial score (nSPS) is 9.13. The van der Waals surface area contributed by atoms with E-state index in [1.54, 1.807) is 0 Å². The minimum Gasteiger partial charge on any atom is -0.277 e. The van der Waals surface area contributed by atoms with E-state index in [2.05, 4.69) is 24.0 Å². The fourth-order valence-corrected chi connectivity index (χ4v) is 1.42. The van der Waals surface area contributed by atoms with Gasteiger partial charge in [0.05, 0.1) is 0 Å². The first-order valence-electron chi connectivity index (χ1n) is 4.68. The number of nitrogens with zero attached hydrogens (tertiary/aromatic N) is 1. The van der Waals surface area contributed by atoms with E-state index in [0.717, 1.165) is 5.69 Å². The Morgan fingerprint density at radius 2 is 1.60 bits per heavy atom. The van der Waals surface area contributed by atoms with Crippen LogP contribution in [-0.4, -0.2) is 4.98 Å². The van der Waals surface area contributed by atoms with Crippen LogP contribution in [-0.2, 0) is 19.5 Å². The fourth-order valence-electron chi connectivity index (χ4n) is 1.42. The van der Waals surface area contributed by atoms with Crippen molar-refractivity contribution >= 4 is 0 Å². The molecule has 0 aliphatic carbocycles. The average molecular weight is 285 g/mol. The van der Waals surface area contributed by atoms with Crippen LogP contribution < -0.4 is 0 Å². The molecule has 2 heteroatoms. The third-order valence-corrected chi connectivity index (χ3v) is 2.26. The van der Waals surface area contributed by atoms with Crippen molar-refractivity contribution in [1.82, 2.24) is 4.98 Å². The van der Waals surface area contributed by atoms with Crippen LogP contribution in [0.15, 0.2) is 54.7 Å². The monoisotopic (exact) mass is 285 g/mol. The van der Waals surface area contributed by atoms with Crippen LogP contribution >= 0.6 is 0 Å². The smallest absolute Gasteiger partial charge is 0.0247 e. The van der Waals surface area contributed by atoms with Crippen LogP contribution in [0, 0.1) is 5.92 Å². The SMILES string of the molecule is C[C-](c1ccccc1)c1ccccn1.[Rh]. The van der Waals surface area contributed by atoms with Gasteiger partial charge in [-0.2, -0.15) is 0 Å². The third-order valence-electron chi connectivity index (χ3n) is 2.26. The maximum Gasteiger partial charge on any atom is 0.0247 e. The molecule has 2 aromatic rings. The van der Waals surface area contributed by atoms with Crippen LogP contribution in [0.1, 0.15) is 18.2 Å². The number of benzene rings is 1. The van der Waals surface area contributed by atoms with Crippen LogP contribution in [0.2, 0.25) is 0 Å². The quantitative estimate of drug-likeness (QED) is 0.610. The van der Waals surface area contributed by atoms with Crippen molar-refractivity contribution in [1.29, 1.82) is 0 Å². The Morgan fingerprint density at radius 1 is 0.933 bits per heavy atom. The van der Waals surface area contributed by atoms with Crippen molar-refractivity contribution < 1.29 is 19.5 Å². The maximum atomic E-state index is 4.32. The molecule has 1 nitrogen and oxygen atoms in total. The summed E-state index contributed by atoms with van der Waals surface area (Å²) in [5.41, 5.74) is 2.27. The largest absolute Gasteiger partial charge is 0.277 e. The summed E-state index contributed by atoms with van der Waals surface area (Å²) in [5, 5.41) is 0. The van der Waals surface area contributed by atoms with E-state index >= 15 is 0 Å². The van der Waals surface area contributed by atoms with E-state index in [-0.39, 0.29) is 19.5 Å². The van der Waals surface area contributed by atoms with Gasteiger partial charge in [0.25, 0.3) is 0 Å². The van der Waals surface area contributed by atoms with E-state index < -0.39 is 0 Å². The molecule has 0 aliphatic heterocycles. The molecule has 0 saturated carbocycles. The molecule has 0 unspecified atom stereocenters. The second-order valence-corrected chi connectivity index (χ2v) is 3.21. The van der Waals surface area contributed by atoms with Gasteiger partial charge < -0.3 is 0 Å². The van der Waals surface area contributed by atoms with Crippen LogP contribution in [0.3, 0.4) is 0 Å². The first-order chi connectivity index (χ1) is 6.88. The first kappa shape index (κ1) is 11.9. The number of pyridine rings is 1. The summed E-state index contributed by atoms with van der Waals surface area (Å²) < 4.78 is 0. The molecular formula is C13H12NRh-. The molecule has 1 aromatic carbocycles. The zero-order valence-corrected chi connectivity index (χ0v) is 10.1. The summed E-state index contributed by atoms with van der Waals surface area (Å²) in [6.07, 6.45) is 1.82. The van der Waals surface area contributed by atoms with Crippen molar-refractivity contribution in [2.45, 2.75) is 6.92 Å². The molecule has 0 N–H and O–H groups in total. The fraction of sp³-hybridized carbons (Fsp3) is 0.0769. The van der Waals surface area contributed by atoms with Crippen molar-refractivity contribution in [3.05, 3.63) is 71.9 Å². The van der Waals surface area contributed by atoms with E-state index in [4.69, 9.17) is 0 Å². The van der Waals surface area contributed by atoms with Crippen molar-refractivity contribution in [2.75, 3.05) is 0 Å². The summed E-state index contributed by atoms with van der Waals surface area (Å²) in [5.74, 6) is 1.21. The Hall–Kier alpha value is -1.14. The summed E-state index contributed by atoms with van der Waals surface area (Å²) in [6, 6.07) is 16.3. The summed E-state index contributed by atoms with van der Waals surface area (Å²) in [4.78, 5) is 4.32. The van der Waals surface area contributed by atoms with Crippen LogP contribution in [0.25, 0.3) is 0 Å². The number of hydrogen-bond donors (Lipinski definition) is 0. The molecule has 0 aliphatic rings. The zero-order chi connectivity index (χ0) is 9.80. The van der Waals surface area contributed by atoms with Crippen molar-refractivity contribution in [3.8, 4) is 0 Å². The molecule has 0 amide bonds. The standard InChI is InChI=1S/C13H12N.Rh/c1-11(12-7-3-2-4-8-12)13-9-5-6-10-14-13;/h2-10H,1H3;/q-1;. The second kappa shape index (κ2) is 5.67. The van der Waals surface area contributed by atoms with Gasteiger partial charge >= 0.3 is 0 Å². The predicted octanol–water partition coefficient (Wildman–Crippen LogP) is 3.07. The van der Waals surface area contributed by atoms with E-state index in [1.165, 1.54) is 11.5 Å². The molecule has 0 atom stereocenters. The Morgan fingerprint density at radius 3 is 2.20 bits per heavy atom. The molecule has 0 bridgehead atoms. The molecule has 79 valence electrons. The molecule has 0 spiro atoms. The van der Waals surface area contributed by atoms with Crippen molar-refractivity contribution in [3.63, 3.8) is 0 Å². The summed E-state index contributed by atoms with van der Waals surface area (Å²) >= 11 is 0. The molecule has 0 fully saturated rings. The predicted molar refractivity (Wildman–Crippen MR) is 57.8 cm³/mol. The van der Waals surface area contributed by atoms with Gasteiger partial charge in [0, 0.05) is 25.7 Å². The van der Waals surface area contributed by atoms with E-state index in [9.17, 15) is 0 Å². The number of rotatable bonds is 2. The number of hydrogen-bond acceptors (Lipinski definition) is 1. The van der Waals surface area contributed by atoms with Gasteiger partial charge in [-0.25, -0.2) is 0 Å². The molecule has 1 aromatic heterocycles. The van der Waals surface area contributed by atoms with Gasteiger partial charge in [-0.1, -0.05) is 25.1 Å². The molecule has 2 rings (SSSR count). The first-order valence-corrected chi connectivity index (χ1v) is 4.68. The van der Waals surface area contributed by atoms with E-state index in [0.29, 0.717) is 0 Å². The minimum atomic E-state index is 0. The van der Waals surface area contributed by atoms with Gasteiger partial charge in [-0.05, 0) is 5.69 Å². The molecule has 15 heavy (non-hydrogen) atoms. The van der Waals surface area contributed by atoms with Crippen molar-refractivity contribution in [2.24, 2.45) is 0 Å². The summed E-state index contributed by atoms with van der Waals surface area (Å²) in [6.45, 7) is 2.09. The zero-order valence-electron chi connectivity index (χ0n) is 8.48. The van der Waals surface area contributed by atoms with Gasteiger partial charge in [0.15, 0.2) is 0 Å². The Kier molecular flexibility index (Phi) is 4.51. The van der Waals surface area contributed by atoms with Crippen LogP contribution in [0.4, 0.5) is 0 Å². The molecule has 1 radical (unpaired) electrons. The summed E-state index contributed by atoms with van der Waals surface area (Å²) in [7, 11) is 0. The Labute approximate surface area is 103 Å². The Balaban J connectivity index is 0.00000112. The third kappa shape index (κ3) is 2.90.